The third-order valence-corrected chi connectivity index (χ3v) is 6.04. The van der Waals surface area contributed by atoms with E-state index in [1.165, 1.54) is 4.90 Å². The second-order valence-corrected chi connectivity index (χ2v) is 7.81. The van der Waals surface area contributed by atoms with Crippen molar-refractivity contribution in [1.82, 2.24) is 4.90 Å². The van der Waals surface area contributed by atoms with Crippen LogP contribution in [0.25, 0.3) is 43.1 Å². The number of benzene rings is 5. The molecule has 0 radical (unpaired) electrons. The van der Waals surface area contributed by atoms with Crippen LogP contribution in [0.3, 0.4) is 0 Å². The number of hydrogen-bond donors (Lipinski definition) is 1. The Morgan fingerprint density at radius 3 is 2.06 bits per heavy atom. The van der Waals surface area contributed by atoms with E-state index >= 15 is 0 Å². The lowest BCUT2D eigenvalue weighted by atomic mass is 9.86. The molecule has 0 aliphatic heterocycles. The van der Waals surface area contributed by atoms with E-state index in [2.05, 4.69) is 24.3 Å². The predicted molar refractivity (Wildman–Crippen MR) is 122 cm³/mol. The number of carbonyl (C=O) groups is 3. The molecule has 0 bridgehead atoms. The molecule has 0 saturated heterocycles. The monoisotopic (exact) mass is 409 g/mol. The molecule has 31 heavy (non-hydrogen) atoms. The summed E-state index contributed by atoms with van der Waals surface area (Å²) < 4.78 is 0. The van der Waals surface area contributed by atoms with Crippen LogP contribution in [0.5, 0.6) is 0 Å². The number of aldehydes is 1. The largest absolute Gasteiger partial charge is 0.481 e. The Kier molecular flexibility index (Phi) is 4.33. The van der Waals surface area contributed by atoms with E-state index in [-0.39, 0.29) is 18.9 Å². The molecule has 0 aromatic heterocycles. The Morgan fingerprint density at radius 1 is 0.839 bits per heavy atom. The first-order chi connectivity index (χ1) is 15.0. The number of amides is 1. The zero-order valence-corrected chi connectivity index (χ0v) is 16.9. The van der Waals surface area contributed by atoms with Crippen molar-refractivity contribution in [2.75, 3.05) is 13.6 Å². The molecular formula is C26H19NO4. The van der Waals surface area contributed by atoms with Crippen molar-refractivity contribution in [2.45, 2.75) is 6.42 Å². The molecule has 0 saturated carbocycles. The fourth-order valence-electron chi connectivity index (χ4n) is 4.61. The van der Waals surface area contributed by atoms with E-state index in [9.17, 15) is 14.4 Å². The molecule has 0 fully saturated rings. The maximum Gasteiger partial charge on any atom is 0.305 e. The van der Waals surface area contributed by atoms with Gasteiger partial charge in [0.2, 0.25) is 0 Å². The van der Waals surface area contributed by atoms with Crippen molar-refractivity contribution in [3.8, 4) is 0 Å². The van der Waals surface area contributed by atoms with Crippen LogP contribution >= 0.6 is 0 Å². The molecule has 5 rings (SSSR count). The van der Waals surface area contributed by atoms with Gasteiger partial charge in [-0.15, -0.1) is 0 Å². The zero-order chi connectivity index (χ0) is 21.7. The minimum absolute atomic E-state index is 0.0929. The van der Waals surface area contributed by atoms with Crippen molar-refractivity contribution >= 4 is 61.3 Å². The first-order valence-electron chi connectivity index (χ1n) is 10.1. The van der Waals surface area contributed by atoms with Crippen LogP contribution in [0.1, 0.15) is 27.1 Å². The van der Waals surface area contributed by atoms with Gasteiger partial charge in [-0.05, 0) is 43.8 Å². The van der Waals surface area contributed by atoms with Crippen LogP contribution in [0, 0.1) is 0 Å². The molecule has 5 nitrogen and oxygen atoms in total. The first kappa shape index (κ1) is 19.0. The topological polar surface area (TPSA) is 74.7 Å². The number of aliphatic carboxylic acids is 1. The van der Waals surface area contributed by atoms with E-state index in [1.807, 2.05) is 24.3 Å². The molecule has 0 aliphatic rings. The summed E-state index contributed by atoms with van der Waals surface area (Å²) in [5.41, 5.74) is 0.851. The van der Waals surface area contributed by atoms with Gasteiger partial charge in [0.25, 0.3) is 5.91 Å². The summed E-state index contributed by atoms with van der Waals surface area (Å²) >= 11 is 0. The molecule has 152 valence electrons. The minimum Gasteiger partial charge on any atom is -0.481 e. The third-order valence-electron chi connectivity index (χ3n) is 6.04. The molecule has 5 aromatic carbocycles. The number of carboxylic acid groups (broad SMARTS) is 1. The van der Waals surface area contributed by atoms with Gasteiger partial charge in [-0.2, -0.15) is 0 Å². The molecule has 0 spiro atoms. The molecule has 0 aliphatic carbocycles. The molecule has 0 unspecified atom stereocenters. The fourth-order valence-corrected chi connectivity index (χ4v) is 4.61. The van der Waals surface area contributed by atoms with Crippen LogP contribution in [-0.4, -0.2) is 41.8 Å². The molecule has 0 atom stereocenters. The average Bonchev–Trinajstić information content (AvgIpc) is 2.79. The van der Waals surface area contributed by atoms with Crippen LogP contribution in [-0.2, 0) is 4.79 Å². The highest BCUT2D eigenvalue weighted by molar-refractivity contribution is 6.35. The molecule has 0 heterocycles. The van der Waals surface area contributed by atoms with Gasteiger partial charge in [0.15, 0.2) is 6.29 Å². The van der Waals surface area contributed by atoms with Crippen LogP contribution in [0.2, 0.25) is 0 Å². The number of fused-ring (bicyclic) bond motifs is 2. The average molecular weight is 409 g/mol. The van der Waals surface area contributed by atoms with Crippen LogP contribution in [0.4, 0.5) is 0 Å². The van der Waals surface area contributed by atoms with Gasteiger partial charge >= 0.3 is 5.97 Å². The third kappa shape index (κ3) is 2.81. The van der Waals surface area contributed by atoms with Gasteiger partial charge in [-0.25, -0.2) is 0 Å². The Balaban J connectivity index is 1.88. The lowest BCUT2D eigenvalue weighted by Crippen LogP contribution is -2.29. The Bertz CT molecular complexity index is 1470. The standard InChI is InChI=1S/C26H19NO4/c1-27(13-12-22(29)30)26(31)21-11-10-20-18-7-3-5-15-4-2-6-17(23(15)18)19-9-8-16(14-28)24(21)25(19)20/h2-11,14H,12-13H2,1H3,(H,29,30). The van der Waals surface area contributed by atoms with E-state index in [4.69, 9.17) is 5.11 Å². The summed E-state index contributed by atoms with van der Waals surface area (Å²) in [7, 11) is 1.58. The van der Waals surface area contributed by atoms with Crippen LogP contribution in [0.15, 0.2) is 60.7 Å². The molecule has 5 heteroatoms. The number of hydrogen-bond acceptors (Lipinski definition) is 3. The van der Waals surface area contributed by atoms with E-state index in [0.29, 0.717) is 16.5 Å². The predicted octanol–water partition coefficient (Wildman–Crippen LogP) is 5.10. The Labute approximate surface area is 177 Å². The van der Waals surface area contributed by atoms with Gasteiger partial charge in [0, 0.05) is 30.1 Å². The number of nitrogens with zero attached hydrogens (tertiary/aromatic N) is 1. The summed E-state index contributed by atoms with van der Waals surface area (Å²) in [5.74, 6) is -1.26. The maximum atomic E-state index is 13.2. The highest BCUT2D eigenvalue weighted by atomic mass is 16.4. The second-order valence-electron chi connectivity index (χ2n) is 7.81. The summed E-state index contributed by atoms with van der Waals surface area (Å²) in [5, 5.41) is 16.9. The summed E-state index contributed by atoms with van der Waals surface area (Å²) in [6, 6.07) is 19.7. The Morgan fingerprint density at radius 2 is 1.45 bits per heavy atom. The van der Waals surface area contributed by atoms with Crippen molar-refractivity contribution < 1.29 is 19.5 Å². The highest BCUT2D eigenvalue weighted by Crippen LogP contribution is 2.42. The number of carboxylic acids is 1. The van der Waals surface area contributed by atoms with Gasteiger partial charge in [-0.1, -0.05) is 54.6 Å². The summed E-state index contributed by atoms with van der Waals surface area (Å²) in [6.45, 7) is 0.0929. The van der Waals surface area contributed by atoms with Crippen molar-refractivity contribution in [1.29, 1.82) is 0 Å². The smallest absolute Gasteiger partial charge is 0.305 e. The Hall–Kier alpha value is -3.99. The first-order valence-corrected chi connectivity index (χ1v) is 10.1. The van der Waals surface area contributed by atoms with Gasteiger partial charge in [0.05, 0.1) is 6.42 Å². The summed E-state index contributed by atoms with van der Waals surface area (Å²) in [6.07, 6.45) is 0.636. The highest BCUT2D eigenvalue weighted by Gasteiger charge is 2.21. The normalized spacial score (nSPS) is 11.5. The second kappa shape index (κ2) is 7.06. The summed E-state index contributed by atoms with van der Waals surface area (Å²) in [4.78, 5) is 37.5. The molecular weight excluding hydrogens is 390 g/mol. The van der Waals surface area contributed by atoms with Crippen LogP contribution < -0.4 is 0 Å². The quantitative estimate of drug-likeness (QED) is 0.249. The van der Waals surface area contributed by atoms with Crippen molar-refractivity contribution in [2.24, 2.45) is 0 Å². The zero-order valence-electron chi connectivity index (χ0n) is 16.9. The maximum absolute atomic E-state index is 13.2. The fraction of sp³-hybridized carbons (Fsp3) is 0.115. The molecule has 5 aromatic rings. The lowest BCUT2D eigenvalue weighted by molar-refractivity contribution is -0.137. The SMILES string of the molecule is CN(CCC(=O)O)C(=O)c1ccc2c3cccc4cccc(c5ccc(C=O)c1c52)c43. The van der Waals surface area contributed by atoms with E-state index < -0.39 is 5.97 Å². The van der Waals surface area contributed by atoms with Gasteiger partial charge < -0.3 is 10.0 Å². The molecule has 1 amide bonds. The molecule has 1 N–H and O–H groups in total. The van der Waals surface area contributed by atoms with E-state index in [1.54, 1.807) is 19.2 Å². The minimum atomic E-state index is -0.963. The number of rotatable bonds is 5. The van der Waals surface area contributed by atoms with Crippen molar-refractivity contribution in [3.63, 3.8) is 0 Å². The van der Waals surface area contributed by atoms with Gasteiger partial charge in [-0.3, -0.25) is 14.4 Å². The van der Waals surface area contributed by atoms with E-state index in [0.717, 1.165) is 44.0 Å². The van der Waals surface area contributed by atoms with Gasteiger partial charge in [0.1, 0.15) is 0 Å². The number of carbonyl (C=O) groups excluding carboxylic acids is 2. The van der Waals surface area contributed by atoms with Crippen molar-refractivity contribution in [3.05, 3.63) is 71.8 Å². The lowest BCUT2D eigenvalue weighted by Gasteiger charge is -2.20.